The number of hydrogen-bond acceptors (Lipinski definition) is 2. The highest BCUT2D eigenvalue weighted by molar-refractivity contribution is 5.79. The molecule has 1 aromatic carbocycles. The molecule has 1 aliphatic heterocycles. The molecular weight excluding hydrogens is 250 g/mol. The van der Waals surface area contributed by atoms with E-state index in [-0.39, 0.29) is 0 Å². The predicted octanol–water partition coefficient (Wildman–Crippen LogP) is 2.80. The molecule has 1 saturated carbocycles. The number of carbonyl (C=O) groups is 1. The van der Waals surface area contributed by atoms with Gasteiger partial charge in [-0.05, 0) is 24.8 Å². The minimum Gasteiger partial charge on any atom is -0.400 e. The zero-order valence-electron chi connectivity index (χ0n) is 12.3. The molecule has 110 valence electrons. The molecule has 1 N–H and O–H groups in total. The third-order valence-corrected chi connectivity index (χ3v) is 4.48. The first-order valence-electron chi connectivity index (χ1n) is 7.63. The van der Waals surface area contributed by atoms with E-state index in [1.807, 2.05) is 0 Å². The molecule has 1 amide bonds. The fraction of sp³-hybridized carbons (Fsp3) is 0.588. The van der Waals surface area contributed by atoms with Crippen molar-refractivity contribution in [2.45, 2.75) is 38.0 Å². The van der Waals surface area contributed by atoms with E-state index < -0.39 is 0 Å². The van der Waals surface area contributed by atoms with Gasteiger partial charge < -0.3 is 10.0 Å². The van der Waals surface area contributed by atoms with Gasteiger partial charge in [0.1, 0.15) is 0 Å². The summed E-state index contributed by atoms with van der Waals surface area (Å²) in [5, 5.41) is 7.00. The van der Waals surface area contributed by atoms with Gasteiger partial charge in [-0.2, -0.15) is 0 Å². The summed E-state index contributed by atoms with van der Waals surface area (Å²) in [5.41, 5.74) is 1.39. The zero-order valence-corrected chi connectivity index (χ0v) is 12.3. The van der Waals surface area contributed by atoms with E-state index in [0.717, 1.165) is 39.5 Å². The van der Waals surface area contributed by atoms with Gasteiger partial charge in [0.2, 0.25) is 5.91 Å². The van der Waals surface area contributed by atoms with Crippen molar-refractivity contribution in [1.29, 1.82) is 0 Å². The minimum absolute atomic E-state index is 0.333. The van der Waals surface area contributed by atoms with Gasteiger partial charge in [0.15, 0.2) is 0 Å². The molecule has 1 unspecified atom stereocenters. The minimum atomic E-state index is 0.333. The second-order valence-electron chi connectivity index (χ2n) is 5.66. The van der Waals surface area contributed by atoms with Crippen molar-refractivity contribution in [2.24, 2.45) is 5.92 Å². The molecular formula is C17H25NO2. The second kappa shape index (κ2) is 7.44. The number of likely N-dealkylation sites (tertiary alicyclic amines) is 1. The van der Waals surface area contributed by atoms with E-state index in [1.54, 1.807) is 0 Å². The molecule has 3 heteroatoms. The lowest BCUT2D eigenvalue weighted by atomic mass is 9.99. The topological polar surface area (TPSA) is 40.5 Å². The summed E-state index contributed by atoms with van der Waals surface area (Å²) in [6.07, 6.45) is 5.85. The van der Waals surface area contributed by atoms with Gasteiger partial charge in [-0.3, -0.25) is 4.79 Å². The third kappa shape index (κ3) is 3.40. The average Bonchev–Trinajstić information content (AvgIpc) is 3.21. The Morgan fingerprint density at radius 2 is 1.75 bits per heavy atom. The van der Waals surface area contributed by atoms with Crippen LogP contribution in [0, 0.1) is 5.92 Å². The summed E-state index contributed by atoms with van der Waals surface area (Å²) < 4.78 is 0. The van der Waals surface area contributed by atoms with Crippen molar-refractivity contribution >= 4 is 5.91 Å². The highest BCUT2D eigenvalue weighted by atomic mass is 16.2. The Morgan fingerprint density at radius 1 is 1.10 bits per heavy atom. The van der Waals surface area contributed by atoms with Crippen LogP contribution in [0.1, 0.15) is 43.6 Å². The quantitative estimate of drug-likeness (QED) is 0.901. The highest BCUT2D eigenvalue weighted by Gasteiger charge is 2.32. The van der Waals surface area contributed by atoms with Crippen LogP contribution >= 0.6 is 0 Å². The first-order valence-corrected chi connectivity index (χ1v) is 7.63. The zero-order chi connectivity index (χ0) is 14.4. The number of hydrogen-bond donors (Lipinski definition) is 1. The smallest absolute Gasteiger partial charge is 0.225 e. The van der Waals surface area contributed by atoms with Crippen LogP contribution in [0.4, 0.5) is 0 Å². The number of aliphatic hydroxyl groups excluding tert-OH is 1. The van der Waals surface area contributed by atoms with Crippen LogP contribution in [0.25, 0.3) is 0 Å². The van der Waals surface area contributed by atoms with E-state index >= 15 is 0 Å². The number of nitrogens with zero attached hydrogens (tertiary/aromatic N) is 1. The molecule has 3 nitrogen and oxygen atoms in total. The van der Waals surface area contributed by atoms with E-state index in [2.05, 4.69) is 35.2 Å². The van der Waals surface area contributed by atoms with E-state index in [1.165, 1.54) is 18.4 Å². The molecule has 0 spiro atoms. The Balaban J connectivity index is 0.000000704. The van der Waals surface area contributed by atoms with Gasteiger partial charge in [0, 0.05) is 32.0 Å². The van der Waals surface area contributed by atoms with E-state index in [4.69, 9.17) is 5.11 Å². The maximum atomic E-state index is 12.4. The number of rotatable bonds is 2. The number of carbonyl (C=O) groups excluding carboxylic acids is 1. The molecule has 0 aromatic heterocycles. The van der Waals surface area contributed by atoms with Crippen LogP contribution in [0.2, 0.25) is 0 Å². The molecule has 2 fully saturated rings. The lowest BCUT2D eigenvalue weighted by Gasteiger charge is -2.20. The Kier molecular flexibility index (Phi) is 5.60. The normalized spacial score (nSPS) is 22.5. The van der Waals surface area contributed by atoms with Crippen molar-refractivity contribution in [2.75, 3.05) is 20.2 Å². The van der Waals surface area contributed by atoms with Gasteiger partial charge in [-0.25, -0.2) is 0 Å². The summed E-state index contributed by atoms with van der Waals surface area (Å²) in [6.45, 7) is 1.88. The largest absolute Gasteiger partial charge is 0.400 e. The average molecular weight is 275 g/mol. The number of amides is 1. The van der Waals surface area contributed by atoms with Crippen molar-refractivity contribution in [1.82, 2.24) is 4.90 Å². The summed E-state index contributed by atoms with van der Waals surface area (Å²) in [4.78, 5) is 14.5. The Morgan fingerprint density at radius 3 is 2.40 bits per heavy atom. The lowest BCUT2D eigenvalue weighted by molar-refractivity contribution is -0.134. The van der Waals surface area contributed by atoms with Crippen molar-refractivity contribution in [3.05, 3.63) is 35.9 Å². The fourth-order valence-electron chi connectivity index (χ4n) is 3.39. The number of aliphatic hydroxyl groups is 1. The summed E-state index contributed by atoms with van der Waals surface area (Å²) in [6, 6.07) is 10.6. The van der Waals surface area contributed by atoms with Gasteiger partial charge in [0.25, 0.3) is 0 Å². The summed E-state index contributed by atoms with van der Waals surface area (Å²) >= 11 is 0. The predicted molar refractivity (Wildman–Crippen MR) is 80.5 cm³/mol. The standard InChI is InChI=1S/C16H21NO.CH4O/c18-16(14-8-4-5-9-14)17-11-10-15(12-17)13-6-2-1-3-7-13;1-2/h1-3,6-7,14-15H,4-5,8-12H2;2H,1H3. The van der Waals surface area contributed by atoms with Crippen molar-refractivity contribution in [3.63, 3.8) is 0 Å². The summed E-state index contributed by atoms with van der Waals surface area (Å²) in [5.74, 6) is 1.31. The Labute approximate surface area is 121 Å². The molecule has 1 heterocycles. The summed E-state index contributed by atoms with van der Waals surface area (Å²) in [7, 11) is 1.00. The molecule has 1 aromatic rings. The fourth-order valence-corrected chi connectivity index (χ4v) is 3.39. The van der Waals surface area contributed by atoms with Crippen LogP contribution in [0.3, 0.4) is 0 Å². The van der Waals surface area contributed by atoms with Gasteiger partial charge >= 0.3 is 0 Å². The third-order valence-electron chi connectivity index (χ3n) is 4.48. The molecule has 0 radical (unpaired) electrons. The van der Waals surface area contributed by atoms with Crippen molar-refractivity contribution in [3.8, 4) is 0 Å². The SMILES string of the molecule is CO.O=C(C1CCCC1)N1CCC(c2ccccc2)C1. The van der Waals surface area contributed by atoms with Crippen LogP contribution < -0.4 is 0 Å². The van der Waals surface area contributed by atoms with Gasteiger partial charge in [-0.1, -0.05) is 43.2 Å². The van der Waals surface area contributed by atoms with E-state index in [0.29, 0.717) is 17.7 Å². The van der Waals surface area contributed by atoms with E-state index in [9.17, 15) is 4.79 Å². The first kappa shape index (κ1) is 15.0. The van der Waals surface area contributed by atoms with Crippen LogP contribution in [0.15, 0.2) is 30.3 Å². The molecule has 1 aliphatic carbocycles. The molecule has 1 atom stereocenters. The molecule has 1 saturated heterocycles. The molecule has 0 bridgehead atoms. The Hall–Kier alpha value is -1.35. The molecule has 20 heavy (non-hydrogen) atoms. The maximum absolute atomic E-state index is 12.4. The van der Waals surface area contributed by atoms with Crippen LogP contribution in [0.5, 0.6) is 0 Å². The molecule has 2 aliphatic rings. The molecule has 3 rings (SSSR count). The van der Waals surface area contributed by atoms with Crippen LogP contribution in [-0.4, -0.2) is 36.1 Å². The maximum Gasteiger partial charge on any atom is 0.225 e. The van der Waals surface area contributed by atoms with Gasteiger partial charge in [0.05, 0.1) is 0 Å². The monoisotopic (exact) mass is 275 g/mol. The van der Waals surface area contributed by atoms with Crippen molar-refractivity contribution < 1.29 is 9.90 Å². The first-order chi connectivity index (χ1) is 9.84. The van der Waals surface area contributed by atoms with Crippen LogP contribution in [-0.2, 0) is 4.79 Å². The number of benzene rings is 1. The Bertz CT molecular complexity index is 412. The van der Waals surface area contributed by atoms with Gasteiger partial charge in [-0.15, -0.1) is 0 Å². The lowest BCUT2D eigenvalue weighted by Crippen LogP contribution is -2.33. The highest BCUT2D eigenvalue weighted by Crippen LogP contribution is 2.31. The second-order valence-corrected chi connectivity index (χ2v) is 5.66.